The van der Waals surface area contributed by atoms with Crippen LogP contribution in [0.1, 0.15) is 52.0 Å². The van der Waals surface area contributed by atoms with Crippen LogP contribution in [0, 0.1) is 0 Å². The van der Waals surface area contributed by atoms with Gasteiger partial charge in [0, 0.05) is 26.2 Å². The molecule has 2 rings (SSSR count). The van der Waals surface area contributed by atoms with E-state index in [9.17, 15) is 4.79 Å². The van der Waals surface area contributed by atoms with Crippen LogP contribution in [0.3, 0.4) is 0 Å². The number of benzene rings is 1. The lowest BCUT2D eigenvalue weighted by Gasteiger charge is -2.38. The Hall–Kier alpha value is -1.47. The first-order valence-corrected chi connectivity index (χ1v) is 12.0. The van der Waals surface area contributed by atoms with Crippen molar-refractivity contribution in [3.8, 4) is 0 Å². The molecule has 1 fully saturated rings. The summed E-state index contributed by atoms with van der Waals surface area (Å²) >= 11 is 0. The van der Waals surface area contributed by atoms with Crippen LogP contribution in [0.2, 0.25) is 0 Å². The molecule has 0 aromatic heterocycles. The summed E-state index contributed by atoms with van der Waals surface area (Å²) in [4.78, 5) is 16.8. The van der Waals surface area contributed by atoms with E-state index in [0.29, 0.717) is 19.8 Å². The van der Waals surface area contributed by atoms with Crippen LogP contribution < -0.4 is 0 Å². The van der Waals surface area contributed by atoms with Crippen LogP contribution >= 0.6 is 0 Å². The summed E-state index contributed by atoms with van der Waals surface area (Å²) in [7, 11) is 0. The van der Waals surface area contributed by atoms with Crippen LogP contribution in [-0.4, -0.2) is 80.5 Å². The predicted molar refractivity (Wildman–Crippen MR) is 124 cm³/mol. The summed E-state index contributed by atoms with van der Waals surface area (Å²) in [5.41, 5.74) is 1.17. The molecule has 0 spiro atoms. The SMILES string of the molecule is CCCCN1CC(COCC(=O)N(CCC)CCC)OC(COCc2ccccc2)C1. The quantitative estimate of drug-likeness (QED) is 0.421. The largest absolute Gasteiger partial charge is 0.374 e. The smallest absolute Gasteiger partial charge is 0.248 e. The van der Waals surface area contributed by atoms with Gasteiger partial charge in [-0.1, -0.05) is 57.5 Å². The molecule has 1 aliphatic rings. The van der Waals surface area contributed by atoms with Gasteiger partial charge in [-0.15, -0.1) is 0 Å². The van der Waals surface area contributed by atoms with Crippen molar-refractivity contribution < 1.29 is 19.0 Å². The topological polar surface area (TPSA) is 51.2 Å². The summed E-state index contributed by atoms with van der Waals surface area (Å²) in [6.45, 7) is 12.5. The lowest BCUT2D eigenvalue weighted by atomic mass is 10.2. The van der Waals surface area contributed by atoms with Gasteiger partial charge in [0.15, 0.2) is 0 Å². The summed E-state index contributed by atoms with van der Waals surface area (Å²) in [5.74, 6) is 0.0742. The lowest BCUT2D eigenvalue weighted by molar-refractivity contribution is -0.148. The van der Waals surface area contributed by atoms with E-state index in [-0.39, 0.29) is 24.7 Å². The highest BCUT2D eigenvalue weighted by atomic mass is 16.6. The number of hydrogen-bond acceptors (Lipinski definition) is 5. The van der Waals surface area contributed by atoms with Crippen molar-refractivity contribution in [2.24, 2.45) is 0 Å². The first-order chi connectivity index (χ1) is 15.2. The van der Waals surface area contributed by atoms with E-state index in [2.05, 4.69) is 37.8 Å². The molecule has 1 heterocycles. The third kappa shape index (κ3) is 10.1. The van der Waals surface area contributed by atoms with Gasteiger partial charge in [-0.3, -0.25) is 9.69 Å². The molecule has 0 aliphatic carbocycles. The van der Waals surface area contributed by atoms with E-state index in [1.54, 1.807) is 0 Å². The first kappa shape index (κ1) is 25.8. The average molecular weight is 435 g/mol. The maximum absolute atomic E-state index is 12.4. The molecule has 1 aromatic rings. The summed E-state index contributed by atoms with van der Waals surface area (Å²) in [6.07, 6.45) is 4.27. The van der Waals surface area contributed by atoms with Crippen molar-refractivity contribution in [3.05, 3.63) is 35.9 Å². The minimum Gasteiger partial charge on any atom is -0.374 e. The summed E-state index contributed by atoms with van der Waals surface area (Å²) < 4.78 is 18.0. The van der Waals surface area contributed by atoms with Crippen LogP contribution in [0.25, 0.3) is 0 Å². The first-order valence-electron chi connectivity index (χ1n) is 12.0. The van der Waals surface area contributed by atoms with E-state index >= 15 is 0 Å². The molecule has 0 saturated carbocycles. The number of nitrogens with zero attached hydrogens (tertiary/aromatic N) is 2. The summed E-state index contributed by atoms with van der Waals surface area (Å²) in [6, 6.07) is 10.2. The molecule has 6 nitrogen and oxygen atoms in total. The van der Waals surface area contributed by atoms with Gasteiger partial charge < -0.3 is 19.1 Å². The number of unbranched alkanes of at least 4 members (excludes halogenated alkanes) is 1. The van der Waals surface area contributed by atoms with Crippen molar-refractivity contribution in [1.29, 1.82) is 0 Å². The second kappa shape index (κ2) is 15.4. The predicted octanol–water partition coefficient (Wildman–Crippen LogP) is 3.74. The van der Waals surface area contributed by atoms with Gasteiger partial charge in [-0.05, 0) is 31.4 Å². The second-order valence-corrected chi connectivity index (χ2v) is 8.39. The van der Waals surface area contributed by atoms with Crippen molar-refractivity contribution in [2.75, 3.05) is 52.5 Å². The van der Waals surface area contributed by atoms with E-state index in [4.69, 9.17) is 14.2 Å². The monoisotopic (exact) mass is 434 g/mol. The normalized spacial score (nSPS) is 19.5. The van der Waals surface area contributed by atoms with Gasteiger partial charge in [-0.25, -0.2) is 0 Å². The minimum atomic E-state index is -0.0328. The Morgan fingerprint density at radius 2 is 1.65 bits per heavy atom. The lowest BCUT2D eigenvalue weighted by Crippen LogP contribution is -2.51. The van der Waals surface area contributed by atoms with Crippen LogP contribution in [0.15, 0.2) is 30.3 Å². The number of amides is 1. The zero-order chi connectivity index (χ0) is 22.3. The fraction of sp³-hybridized carbons (Fsp3) is 0.720. The van der Waals surface area contributed by atoms with Crippen LogP contribution in [0.5, 0.6) is 0 Å². The average Bonchev–Trinajstić information content (AvgIpc) is 2.78. The minimum absolute atomic E-state index is 0.0234. The van der Waals surface area contributed by atoms with Gasteiger partial charge in [0.2, 0.25) is 5.91 Å². The van der Waals surface area contributed by atoms with Gasteiger partial charge in [0.1, 0.15) is 6.61 Å². The number of morpholine rings is 1. The maximum atomic E-state index is 12.4. The highest BCUT2D eigenvalue weighted by Crippen LogP contribution is 2.14. The van der Waals surface area contributed by atoms with Gasteiger partial charge >= 0.3 is 0 Å². The third-order valence-corrected chi connectivity index (χ3v) is 5.42. The van der Waals surface area contributed by atoms with Gasteiger partial charge in [0.05, 0.1) is 32.0 Å². The molecular formula is C25H42N2O4. The molecule has 1 amide bonds. The van der Waals surface area contributed by atoms with E-state index in [1.807, 2.05) is 23.1 Å². The standard InChI is InChI=1S/C25H42N2O4/c1-4-7-15-26-16-23(19-29-18-22-11-9-8-10-12-22)31-24(17-26)20-30-21-25(28)27(13-5-2)14-6-3/h8-12,23-24H,4-7,13-21H2,1-3H3. The molecule has 31 heavy (non-hydrogen) atoms. The zero-order valence-electron chi connectivity index (χ0n) is 19.8. The van der Waals surface area contributed by atoms with Gasteiger partial charge in [-0.2, -0.15) is 0 Å². The van der Waals surface area contributed by atoms with E-state index in [1.165, 1.54) is 18.4 Å². The molecule has 0 radical (unpaired) electrons. The molecular weight excluding hydrogens is 392 g/mol. The molecule has 2 atom stereocenters. The molecule has 6 heteroatoms. The Balaban J connectivity index is 1.79. The second-order valence-electron chi connectivity index (χ2n) is 8.39. The number of carbonyl (C=O) groups is 1. The van der Waals surface area contributed by atoms with E-state index < -0.39 is 0 Å². The Kier molecular flexibility index (Phi) is 12.8. The molecule has 1 aliphatic heterocycles. The van der Waals surface area contributed by atoms with Gasteiger partial charge in [0.25, 0.3) is 0 Å². The van der Waals surface area contributed by atoms with E-state index in [0.717, 1.165) is 45.6 Å². The Morgan fingerprint density at radius 3 is 2.26 bits per heavy atom. The molecule has 176 valence electrons. The highest BCUT2D eigenvalue weighted by Gasteiger charge is 2.28. The Labute approximate surface area is 188 Å². The van der Waals surface area contributed by atoms with Crippen LogP contribution in [-0.2, 0) is 25.6 Å². The number of hydrogen-bond donors (Lipinski definition) is 0. The summed E-state index contributed by atoms with van der Waals surface area (Å²) in [5, 5.41) is 0. The fourth-order valence-corrected chi connectivity index (χ4v) is 3.91. The van der Waals surface area contributed by atoms with Crippen LogP contribution in [0.4, 0.5) is 0 Å². The molecule has 2 unspecified atom stereocenters. The highest BCUT2D eigenvalue weighted by molar-refractivity contribution is 5.77. The molecule has 0 bridgehead atoms. The number of rotatable bonds is 15. The zero-order valence-corrected chi connectivity index (χ0v) is 19.8. The molecule has 0 N–H and O–H groups in total. The molecule has 1 saturated heterocycles. The third-order valence-electron chi connectivity index (χ3n) is 5.42. The van der Waals surface area contributed by atoms with Crippen molar-refractivity contribution in [3.63, 3.8) is 0 Å². The molecule has 1 aromatic carbocycles. The Bertz CT molecular complexity index is 592. The van der Waals surface area contributed by atoms with Crippen molar-refractivity contribution in [2.45, 2.75) is 65.3 Å². The van der Waals surface area contributed by atoms with Crippen molar-refractivity contribution >= 4 is 5.91 Å². The number of carbonyl (C=O) groups excluding carboxylic acids is 1. The maximum Gasteiger partial charge on any atom is 0.248 e. The fourth-order valence-electron chi connectivity index (χ4n) is 3.91. The van der Waals surface area contributed by atoms with Crippen molar-refractivity contribution in [1.82, 2.24) is 9.80 Å². The number of ether oxygens (including phenoxy) is 3. The Morgan fingerprint density at radius 1 is 1.00 bits per heavy atom.